The van der Waals surface area contributed by atoms with Gasteiger partial charge < -0.3 is 9.84 Å². The van der Waals surface area contributed by atoms with E-state index in [1.165, 1.54) is 12.5 Å². The minimum atomic E-state index is -0.515. The van der Waals surface area contributed by atoms with Crippen molar-refractivity contribution in [2.45, 2.75) is 6.92 Å². The van der Waals surface area contributed by atoms with E-state index < -0.39 is 5.91 Å². The Kier molecular flexibility index (Phi) is 3.26. The number of nitrogens with zero attached hydrogens (tertiary/aromatic N) is 3. The molecule has 0 fully saturated rings. The molecule has 0 aromatic carbocycles. The van der Waals surface area contributed by atoms with Crippen molar-refractivity contribution in [3.63, 3.8) is 0 Å². The van der Waals surface area contributed by atoms with Gasteiger partial charge in [0.15, 0.2) is 10.3 Å². The van der Waals surface area contributed by atoms with Gasteiger partial charge in [-0.2, -0.15) is 0 Å². The Hall–Kier alpha value is -1.66. The molecular formula is C9H6Cl2N4O2. The molecule has 0 radical (unpaired) electrons. The first-order valence-corrected chi connectivity index (χ1v) is 5.24. The molecule has 2 aromatic heterocycles. The Morgan fingerprint density at radius 1 is 1.35 bits per heavy atom. The summed E-state index contributed by atoms with van der Waals surface area (Å²) >= 11 is 11.6. The average molecular weight is 273 g/mol. The molecule has 8 heteroatoms. The molecule has 0 saturated carbocycles. The molecule has 0 spiro atoms. The Bertz CT molecular complexity index is 550. The van der Waals surface area contributed by atoms with E-state index in [0.29, 0.717) is 5.56 Å². The highest BCUT2D eigenvalue weighted by Gasteiger charge is 2.18. The number of anilines is 1. The third-order valence-electron chi connectivity index (χ3n) is 1.95. The van der Waals surface area contributed by atoms with Crippen molar-refractivity contribution in [2.24, 2.45) is 0 Å². The first-order valence-electron chi connectivity index (χ1n) is 4.48. The van der Waals surface area contributed by atoms with Gasteiger partial charge in [-0.3, -0.25) is 4.79 Å². The van der Waals surface area contributed by atoms with E-state index in [2.05, 4.69) is 20.4 Å². The Morgan fingerprint density at radius 2 is 2.00 bits per heavy atom. The molecule has 2 rings (SSSR count). The number of aromatic nitrogens is 3. The molecule has 88 valence electrons. The number of nitrogens with one attached hydrogen (secondary N) is 1. The van der Waals surface area contributed by atoms with Crippen LogP contribution in [0.4, 0.5) is 5.69 Å². The molecule has 2 aromatic rings. The maximum Gasteiger partial charge on any atom is 0.294 e. The number of halogens is 2. The molecule has 0 aliphatic heterocycles. The zero-order chi connectivity index (χ0) is 12.4. The lowest BCUT2D eigenvalue weighted by molar-refractivity contribution is 0.0987. The van der Waals surface area contributed by atoms with Gasteiger partial charge in [0.1, 0.15) is 12.0 Å². The standard InChI is InChI=1S/C9H6Cl2N4O2/c1-4-2-14-17-6(4)9(16)15-5-7(10)12-3-13-8(5)11/h2-3H,1H3,(H,15,16). The fraction of sp³-hybridized carbons (Fsp3) is 0.111. The number of rotatable bonds is 2. The fourth-order valence-corrected chi connectivity index (χ4v) is 1.54. The minimum Gasteiger partial charge on any atom is -0.351 e. The number of amides is 1. The van der Waals surface area contributed by atoms with E-state index in [0.717, 1.165) is 0 Å². The Morgan fingerprint density at radius 3 is 2.53 bits per heavy atom. The second-order valence-corrected chi connectivity index (χ2v) is 3.84. The molecule has 0 atom stereocenters. The van der Waals surface area contributed by atoms with Crippen LogP contribution < -0.4 is 5.32 Å². The molecule has 0 aliphatic rings. The minimum absolute atomic E-state index is 0.0514. The van der Waals surface area contributed by atoms with Crippen molar-refractivity contribution in [1.82, 2.24) is 15.1 Å². The highest BCUT2D eigenvalue weighted by Crippen LogP contribution is 2.26. The highest BCUT2D eigenvalue weighted by molar-refractivity contribution is 6.38. The SMILES string of the molecule is Cc1cnoc1C(=O)Nc1c(Cl)ncnc1Cl. The molecule has 0 bridgehead atoms. The van der Waals surface area contributed by atoms with E-state index >= 15 is 0 Å². The second kappa shape index (κ2) is 4.68. The van der Waals surface area contributed by atoms with Crippen LogP contribution in [-0.4, -0.2) is 21.0 Å². The Labute approximate surface area is 106 Å². The van der Waals surface area contributed by atoms with Gasteiger partial charge in [0, 0.05) is 5.56 Å². The number of hydrogen-bond acceptors (Lipinski definition) is 5. The Balaban J connectivity index is 2.28. The van der Waals surface area contributed by atoms with Gasteiger partial charge in [-0.05, 0) is 6.92 Å². The molecule has 2 heterocycles. The smallest absolute Gasteiger partial charge is 0.294 e. The molecular weight excluding hydrogens is 267 g/mol. The summed E-state index contributed by atoms with van der Waals surface area (Å²) in [6.07, 6.45) is 2.62. The fourth-order valence-electron chi connectivity index (χ4n) is 1.13. The zero-order valence-corrected chi connectivity index (χ0v) is 10.1. The monoisotopic (exact) mass is 272 g/mol. The van der Waals surface area contributed by atoms with Gasteiger partial charge in [0.25, 0.3) is 5.91 Å². The van der Waals surface area contributed by atoms with Crippen LogP contribution in [0.2, 0.25) is 10.3 Å². The van der Waals surface area contributed by atoms with E-state index in [-0.39, 0.29) is 21.8 Å². The van der Waals surface area contributed by atoms with Gasteiger partial charge >= 0.3 is 0 Å². The van der Waals surface area contributed by atoms with E-state index in [4.69, 9.17) is 27.7 Å². The highest BCUT2D eigenvalue weighted by atomic mass is 35.5. The van der Waals surface area contributed by atoms with Crippen LogP contribution in [0.5, 0.6) is 0 Å². The first kappa shape index (κ1) is 11.8. The van der Waals surface area contributed by atoms with Crippen LogP contribution in [0.3, 0.4) is 0 Å². The molecule has 17 heavy (non-hydrogen) atoms. The van der Waals surface area contributed by atoms with Crippen molar-refractivity contribution in [3.8, 4) is 0 Å². The molecule has 6 nitrogen and oxygen atoms in total. The lowest BCUT2D eigenvalue weighted by atomic mass is 10.3. The topological polar surface area (TPSA) is 80.9 Å². The van der Waals surface area contributed by atoms with Crippen molar-refractivity contribution in [3.05, 3.63) is 34.2 Å². The van der Waals surface area contributed by atoms with Crippen LogP contribution in [0.1, 0.15) is 16.1 Å². The predicted octanol–water partition coefficient (Wildman–Crippen LogP) is 2.33. The van der Waals surface area contributed by atoms with Crippen LogP contribution in [0.25, 0.3) is 0 Å². The maximum absolute atomic E-state index is 11.8. The summed E-state index contributed by atoms with van der Waals surface area (Å²) in [6.45, 7) is 1.69. The van der Waals surface area contributed by atoms with Gasteiger partial charge in [0.05, 0.1) is 6.20 Å². The lowest BCUT2D eigenvalue weighted by Gasteiger charge is -2.05. The summed E-state index contributed by atoms with van der Waals surface area (Å²) in [4.78, 5) is 19.2. The van der Waals surface area contributed by atoms with Gasteiger partial charge in [0.2, 0.25) is 5.76 Å². The van der Waals surface area contributed by atoms with Crippen LogP contribution in [0, 0.1) is 6.92 Å². The molecule has 1 N–H and O–H groups in total. The summed E-state index contributed by atoms with van der Waals surface area (Å²) in [6, 6.07) is 0. The number of carbonyl (C=O) groups excluding carboxylic acids is 1. The van der Waals surface area contributed by atoms with E-state index in [9.17, 15) is 4.79 Å². The van der Waals surface area contributed by atoms with E-state index in [1.807, 2.05) is 0 Å². The second-order valence-electron chi connectivity index (χ2n) is 3.12. The summed E-state index contributed by atoms with van der Waals surface area (Å²) in [7, 11) is 0. The predicted molar refractivity (Wildman–Crippen MR) is 61.2 cm³/mol. The zero-order valence-electron chi connectivity index (χ0n) is 8.57. The van der Waals surface area contributed by atoms with Crippen molar-refractivity contribution in [2.75, 3.05) is 5.32 Å². The molecule has 0 aliphatic carbocycles. The summed E-state index contributed by atoms with van der Waals surface area (Å²) < 4.78 is 4.79. The summed E-state index contributed by atoms with van der Waals surface area (Å²) in [5.41, 5.74) is 0.739. The number of hydrogen-bond donors (Lipinski definition) is 1. The molecule has 1 amide bonds. The van der Waals surface area contributed by atoms with Crippen molar-refractivity contribution in [1.29, 1.82) is 0 Å². The van der Waals surface area contributed by atoms with Crippen LogP contribution in [-0.2, 0) is 0 Å². The average Bonchev–Trinajstić information content (AvgIpc) is 2.70. The first-order chi connectivity index (χ1) is 8.09. The largest absolute Gasteiger partial charge is 0.351 e. The van der Waals surface area contributed by atoms with Crippen molar-refractivity contribution < 1.29 is 9.32 Å². The summed E-state index contributed by atoms with van der Waals surface area (Å²) in [5.74, 6) is -0.431. The van der Waals surface area contributed by atoms with Gasteiger partial charge in [-0.15, -0.1) is 0 Å². The summed E-state index contributed by atoms with van der Waals surface area (Å²) in [5, 5.41) is 6.06. The molecule has 0 saturated heterocycles. The van der Waals surface area contributed by atoms with Crippen LogP contribution >= 0.6 is 23.2 Å². The van der Waals surface area contributed by atoms with E-state index in [1.54, 1.807) is 6.92 Å². The maximum atomic E-state index is 11.8. The van der Waals surface area contributed by atoms with Crippen LogP contribution in [0.15, 0.2) is 17.0 Å². The van der Waals surface area contributed by atoms with Crippen molar-refractivity contribution >= 4 is 34.8 Å². The number of aryl methyl sites for hydroxylation is 1. The third kappa shape index (κ3) is 2.37. The third-order valence-corrected chi connectivity index (χ3v) is 2.52. The van der Waals surface area contributed by atoms with Gasteiger partial charge in [-0.25, -0.2) is 9.97 Å². The lowest BCUT2D eigenvalue weighted by Crippen LogP contribution is -2.13. The normalized spacial score (nSPS) is 10.3. The quantitative estimate of drug-likeness (QED) is 0.849. The molecule has 0 unspecified atom stereocenters. The van der Waals surface area contributed by atoms with Gasteiger partial charge in [-0.1, -0.05) is 28.4 Å². The number of carbonyl (C=O) groups is 1.